The zero-order valence-electron chi connectivity index (χ0n) is 8.29. The molecule has 0 aromatic heterocycles. The van der Waals surface area contributed by atoms with E-state index >= 15 is 0 Å². The summed E-state index contributed by atoms with van der Waals surface area (Å²) in [5, 5.41) is 0. The van der Waals surface area contributed by atoms with Crippen LogP contribution in [-0.2, 0) is 9.47 Å². The van der Waals surface area contributed by atoms with Crippen molar-refractivity contribution in [1.82, 2.24) is 0 Å². The zero-order valence-corrected chi connectivity index (χ0v) is 9.88. The van der Waals surface area contributed by atoms with Crippen LogP contribution in [0.5, 0.6) is 0 Å². The first kappa shape index (κ1) is 12.3. The molecule has 0 N–H and O–H groups in total. The number of Topliss-reactive ketones (excluding diaryl/α,β-unsaturated/α-hetero) is 1. The van der Waals surface area contributed by atoms with Crippen molar-refractivity contribution >= 4 is 21.7 Å². The van der Waals surface area contributed by atoms with Gasteiger partial charge in [-0.05, 0) is 28.1 Å². The number of halogens is 2. The molecular weight excluding hydrogens is 267 g/mol. The summed E-state index contributed by atoms with van der Waals surface area (Å²) in [6.07, 6.45) is -1.08. The average molecular weight is 277 g/mol. The summed E-state index contributed by atoms with van der Waals surface area (Å²) in [5.41, 5.74) is -0.0573. The fourth-order valence-electron chi connectivity index (χ4n) is 1.13. The van der Waals surface area contributed by atoms with Crippen LogP contribution in [0.25, 0.3) is 0 Å². The van der Waals surface area contributed by atoms with Crippen molar-refractivity contribution in [1.29, 1.82) is 0 Å². The maximum atomic E-state index is 13.5. The van der Waals surface area contributed by atoms with Gasteiger partial charge in [-0.15, -0.1) is 0 Å². The Balaban J connectivity index is 3.05. The van der Waals surface area contributed by atoms with Crippen LogP contribution in [0.2, 0.25) is 0 Å². The van der Waals surface area contributed by atoms with Crippen LogP contribution in [0.4, 0.5) is 4.39 Å². The summed E-state index contributed by atoms with van der Waals surface area (Å²) in [7, 11) is 2.64. The Morgan fingerprint density at radius 1 is 1.40 bits per heavy atom. The largest absolute Gasteiger partial charge is 0.349 e. The molecule has 0 heterocycles. The quantitative estimate of drug-likeness (QED) is 0.626. The van der Waals surface area contributed by atoms with Gasteiger partial charge < -0.3 is 9.47 Å². The van der Waals surface area contributed by atoms with E-state index in [4.69, 9.17) is 9.47 Å². The SMILES string of the molecule is COC(OC)C(=O)c1cccc(Br)c1F. The van der Waals surface area contributed by atoms with Crippen molar-refractivity contribution in [3.05, 3.63) is 34.1 Å². The topological polar surface area (TPSA) is 35.5 Å². The number of hydrogen-bond donors (Lipinski definition) is 0. The van der Waals surface area contributed by atoms with Crippen molar-refractivity contribution in [2.75, 3.05) is 14.2 Å². The molecule has 5 heteroatoms. The minimum Gasteiger partial charge on any atom is -0.349 e. The van der Waals surface area contributed by atoms with E-state index in [2.05, 4.69) is 15.9 Å². The summed E-state index contributed by atoms with van der Waals surface area (Å²) in [5.74, 6) is -1.15. The van der Waals surface area contributed by atoms with Gasteiger partial charge in [0.05, 0.1) is 10.0 Å². The number of hydrogen-bond acceptors (Lipinski definition) is 3. The van der Waals surface area contributed by atoms with Gasteiger partial charge in [-0.1, -0.05) is 6.07 Å². The van der Waals surface area contributed by atoms with Gasteiger partial charge >= 0.3 is 0 Å². The number of carbonyl (C=O) groups is 1. The first-order valence-corrected chi connectivity index (χ1v) is 4.95. The molecule has 15 heavy (non-hydrogen) atoms. The molecule has 0 fully saturated rings. The highest BCUT2D eigenvalue weighted by Gasteiger charge is 2.22. The molecule has 0 aliphatic heterocycles. The molecule has 1 rings (SSSR count). The summed E-state index contributed by atoms with van der Waals surface area (Å²) >= 11 is 3.00. The Hall–Kier alpha value is -0.780. The lowest BCUT2D eigenvalue weighted by Gasteiger charge is -2.12. The van der Waals surface area contributed by atoms with E-state index < -0.39 is 17.9 Å². The van der Waals surface area contributed by atoms with Crippen molar-refractivity contribution in [3.63, 3.8) is 0 Å². The summed E-state index contributed by atoms with van der Waals surface area (Å²) in [6.45, 7) is 0. The molecule has 0 saturated heterocycles. The fraction of sp³-hybridized carbons (Fsp3) is 0.300. The molecule has 0 unspecified atom stereocenters. The van der Waals surface area contributed by atoms with Crippen molar-refractivity contribution in [3.8, 4) is 0 Å². The lowest BCUT2D eigenvalue weighted by Crippen LogP contribution is -2.25. The van der Waals surface area contributed by atoms with Crippen LogP contribution in [-0.4, -0.2) is 26.3 Å². The Morgan fingerprint density at radius 2 is 2.00 bits per heavy atom. The second kappa shape index (κ2) is 5.34. The predicted molar refractivity (Wildman–Crippen MR) is 56.2 cm³/mol. The number of carbonyl (C=O) groups excluding carboxylic acids is 1. The number of methoxy groups -OCH3 is 2. The Kier molecular flexibility index (Phi) is 4.38. The molecule has 0 radical (unpaired) electrons. The van der Waals surface area contributed by atoms with Crippen molar-refractivity contribution < 1.29 is 18.7 Å². The van der Waals surface area contributed by atoms with Crippen LogP contribution in [0, 0.1) is 5.82 Å². The maximum Gasteiger partial charge on any atom is 0.222 e. The molecule has 0 atom stereocenters. The lowest BCUT2D eigenvalue weighted by molar-refractivity contribution is -0.0743. The highest BCUT2D eigenvalue weighted by molar-refractivity contribution is 9.10. The van der Waals surface area contributed by atoms with Crippen molar-refractivity contribution in [2.24, 2.45) is 0 Å². The fourth-order valence-corrected chi connectivity index (χ4v) is 1.50. The van der Waals surface area contributed by atoms with Crippen LogP contribution < -0.4 is 0 Å². The second-order valence-corrected chi connectivity index (χ2v) is 3.62. The molecule has 0 bridgehead atoms. The number of benzene rings is 1. The van der Waals surface area contributed by atoms with Gasteiger partial charge in [0.1, 0.15) is 5.82 Å². The van der Waals surface area contributed by atoms with Crippen LogP contribution in [0.1, 0.15) is 10.4 Å². The molecule has 0 amide bonds. The third-order valence-electron chi connectivity index (χ3n) is 1.86. The minimum atomic E-state index is -1.08. The molecule has 0 saturated carbocycles. The molecule has 0 aliphatic carbocycles. The third-order valence-corrected chi connectivity index (χ3v) is 2.47. The minimum absolute atomic E-state index is 0.0573. The highest BCUT2D eigenvalue weighted by atomic mass is 79.9. The average Bonchev–Trinajstić information content (AvgIpc) is 2.23. The summed E-state index contributed by atoms with van der Waals surface area (Å²) in [4.78, 5) is 11.7. The van der Waals surface area contributed by atoms with E-state index in [1.807, 2.05) is 0 Å². The standard InChI is InChI=1S/C10H10BrFO3/c1-14-10(15-2)9(13)6-4-3-5-7(11)8(6)12/h3-5,10H,1-2H3. The Labute approximate surface area is 95.3 Å². The number of ketones is 1. The Bertz CT molecular complexity index is 364. The van der Waals surface area contributed by atoms with Gasteiger partial charge in [-0.2, -0.15) is 0 Å². The monoisotopic (exact) mass is 276 g/mol. The normalized spacial score (nSPS) is 10.7. The molecular formula is C10H10BrFO3. The zero-order chi connectivity index (χ0) is 11.4. The predicted octanol–water partition coefficient (Wildman–Crippen LogP) is 2.39. The van der Waals surface area contributed by atoms with E-state index in [9.17, 15) is 9.18 Å². The molecule has 1 aromatic carbocycles. The first-order chi connectivity index (χ1) is 7.11. The van der Waals surface area contributed by atoms with Crippen molar-refractivity contribution in [2.45, 2.75) is 6.29 Å². The second-order valence-electron chi connectivity index (χ2n) is 2.77. The van der Waals surface area contributed by atoms with E-state index in [0.717, 1.165) is 0 Å². The van der Waals surface area contributed by atoms with Crippen LogP contribution in [0.15, 0.2) is 22.7 Å². The smallest absolute Gasteiger partial charge is 0.222 e. The molecule has 0 spiro atoms. The van der Waals surface area contributed by atoms with Gasteiger partial charge in [0.2, 0.25) is 12.1 Å². The van der Waals surface area contributed by atoms with E-state index in [0.29, 0.717) is 0 Å². The first-order valence-electron chi connectivity index (χ1n) is 4.15. The number of rotatable bonds is 4. The van der Waals surface area contributed by atoms with Crippen LogP contribution >= 0.6 is 15.9 Å². The summed E-state index contributed by atoms with van der Waals surface area (Å²) < 4.78 is 23.3. The van der Waals surface area contributed by atoms with Gasteiger partial charge in [0, 0.05) is 14.2 Å². The lowest BCUT2D eigenvalue weighted by atomic mass is 10.1. The highest BCUT2D eigenvalue weighted by Crippen LogP contribution is 2.20. The van der Waals surface area contributed by atoms with Crippen LogP contribution in [0.3, 0.4) is 0 Å². The molecule has 82 valence electrons. The number of ether oxygens (including phenoxy) is 2. The van der Waals surface area contributed by atoms with Gasteiger partial charge in [-0.25, -0.2) is 4.39 Å². The van der Waals surface area contributed by atoms with E-state index in [1.54, 1.807) is 6.07 Å². The molecule has 1 aromatic rings. The molecule has 3 nitrogen and oxygen atoms in total. The Morgan fingerprint density at radius 3 is 2.53 bits per heavy atom. The van der Waals surface area contributed by atoms with E-state index in [-0.39, 0.29) is 10.0 Å². The maximum absolute atomic E-state index is 13.5. The van der Waals surface area contributed by atoms with Gasteiger partial charge in [0.25, 0.3) is 0 Å². The van der Waals surface area contributed by atoms with E-state index in [1.165, 1.54) is 26.4 Å². The van der Waals surface area contributed by atoms with Gasteiger partial charge in [-0.3, -0.25) is 4.79 Å². The third kappa shape index (κ3) is 2.62. The summed E-state index contributed by atoms with van der Waals surface area (Å²) in [6, 6.07) is 4.47. The van der Waals surface area contributed by atoms with Gasteiger partial charge in [0.15, 0.2) is 0 Å². The molecule has 0 aliphatic rings.